The van der Waals surface area contributed by atoms with Gasteiger partial charge in [0, 0.05) is 20.8 Å². The summed E-state index contributed by atoms with van der Waals surface area (Å²) in [4.78, 5) is 0. The largest absolute Gasteiger partial charge is 0.0726 e. The number of fused-ring (bicyclic) bond motifs is 1. The van der Waals surface area contributed by atoms with Gasteiger partial charge in [0.05, 0.1) is 0 Å². The van der Waals surface area contributed by atoms with E-state index in [1.807, 2.05) is 0 Å². The van der Waals surface area contributed by atoms with Crippen LogP contribution in [0.3, 0.4) is 0 Å². The molecular weight excluding hydrogens is 496 g/mol. The average molecular weight is 520 g/mol. The summed E-state index contributed by atoms with van der Waals surface area (Å²) in [6.45, 7) is 0. The third-order valence-corrected chi connectivity index (χ3v) is 7.62. The second-order valence-corrected chi connectivity index (χ2v) is 10.2. The molecule has 3 aromatic carbocycles. The number of allylic oxidation sites excluding steroid dienone is 3. The van der Waals surface area contributed by atoms with E-state index in [2.05, 4.69) is 123 Å². The minimum absolute atomic E-state index is 0.429. The molecule has 0 unspecified atom stereocenters. The second kappa shape index (κ2) is 8.69. The van der Waals surface area contributed by atoms with Crippen LogP contribution < -0.4 is 0 Å². The third kappa shape index (κ3) is 4.00. The first-order chi connectivity index (χ1) is 14.7. The predicted molar refractivity (Wildman–Crippen MR) is 134 cm³/mol. The Labute approximate surface area is 196 Å². The van der Waals surface area contributed by atoms with Crippen molar-refractivity contribution in [3.8, 4) is 0 Å². The molecule has 0 spiro atoms. The van der Waals surface area contributed by atoms with Gasteiger partial charge in [0.2, 0.25) is 0 Å². The van der Waals surface area contributed by atoms with Crippen LogP contribution in [0.15, 0.2) is 105 Å². The van der Waals surface area contributed by atoms with E-state index >= 15 is 0 Å². The van der Waals surface area contributed by atoms with E-state index in [4.69, 9.17) is 0 Å². The Balaban J connectivity index is 1.58. The van der Waals surface area contributed by atoms with Gasteiger partial charge in [-0.1, -0.05) is 98.6 Å². The van der Waals surface area contributed by atoms with E-state index < -0.39 is 0 Å². The van der Waals surface area contributed by atoms with E-state index in [1.165, 1.54) is 41.5 Å². The van der Waals surface area contributed by atoms with Gasteiger partial charge in [0.15, 0.2) is 0 Å². The van der Waals surface area contributed by atoms with Crippen molar-refractivity contribution in [2.24, 2.45) is 5.92 Å². The first kappa shape index (κ1) is 20.0. The first-order valence-electron chi connectivity index (χ1n) is 10.7. The minimum atomic E-state index is 0.429. The smallest absolute Gasteiger partial charge is 0.0175 e. The molecule has 0 saturated heterocycles. The Morgan fingerprint density at radius 1 is 0.733 bits per heavy atom. The zero-order valence-corrected chi connectivity index (χ0v) is 19.9. The Morgan fingerprint density at radius 3 is 2.10 bits per heavy atom. The highest BCUT2D eigenvalue weighted by molar-refractivity contribution is 9.10. The summed E-state index contributed by atoms with van der Waals surface area (Å²) in [5.74, 6) is 1.52. The molecule has 2 heteroatoms. The zero-order chi connectivity index (χ0) is 20.5. The Bertz CT molecular complexity index is 1080. The van der Waals surface area contributed by atoms with Crippen molar-refractivity contribution in [2.45, 2.75) is 31.1 Å². The summed E-state index contributed by atoms with van der Waals surface area (Å²) >= 11 is 7.16. The maximum atomic E-state index is 3.61. The summed E-state index contributed by atoms with van der Waals surface area (Å²) in [6.07, 6.45) is 8.70. The van der Waals surface area contributed by atoms with E-state index in [9.17, 15) is 0 Å². The fraction of sp³-hybridized carbons (Fsp3) is 0.214. The molecule has 2 aliphatic rings. The third-order valence-electron chi connectivity index (χ3n) is 6.56. The van der Waals surface area contributed by atoms with Crippen LogP contribution in [0.2, 0.25) is 0 Å². The van der Waals surface area contributed by atoms with Crippen molar-refractivity contribution in [1.82, 2.24) is 0 Å². The van der Waals surface area contributed by atoms with Crippen LogP contribution in [0, 0.1) is 5.92 Å². The lowest BCUT2D eigenvalue weighted by molar-refractivity contribution is 0.427. The zero-order valence-electron chi connectivity index (χ0n) is 16.8. The van der Waals surface area contributed by atoms with E-state index in [1.54, 1.807) is 5.57 Å². The van der Waals surface area contributed by atoms with Gasteiger partial charge in [-0.3, -0.25) is 0 Å². The molecular formula is C28H24Br2. The highest BCUT2D eigenvalue weighted by Gasteiger charge is 2.41. The lowest BCUT2D eigenvalue weighted by atomic mass is 9.72. The number of hydrogen-bond acceptors (Lipinski definition) is 0. The van der Waals surface area contributed by atoms with Crippen LogP contribution in [-0.2, 0) is 0 Å². The van der Waals surface area contributed by atoms with Crippen molar-refractivity contribution in [3.63, 3.8) is 0 Å². The molecule has 0 aromatic heterocycles. The Kier molecular flexibility index (Phi) is 5.80. The fourth-order valence-corrected chi connectivity index (χ4v) is 5.75. The van der Waals surface area contributed by atoms with Crippen molar-refractivity contribution in [2.75, 3.05) is 0 Å². The van der Waals surface area contributed by atoms with E-state index in [0.29, 0.717) is 17.8 Å². The monoisotopic (exact) mass is 518 g/mol. The molecule has 0 heterocycles. The van der Waals surface area contributed by atoms with Crippen LogP contribution in [0.1, 0.15) is 47.8 Å². The second-order valence-electron chi connectivity index (χ2n) is 8.36. The maximum Gasteiger partial charge on any atom is 0.0175 e. The van der Waals surface area contributed by atoms with Crippen LogP contribution in [0.25, 0.3) is 6.08 Å². The lowest BCUT2D eigenvalue weighted by Gasteiger charge is -2.31. The molecule has 1 fully saturated rings. The first-order valence-corrected chi connectivity index (χ1v) is 12.3. The predicted octanol–water partition coefficient (Wildman–Crippen LogP) is 8.90. The Hall–Kier alpha value is -1.90. The molecule has 0 nitrogen and oxygen atoms in total. The van der Waals surface area contributed by atoms with Crippen LogP contribution >= 0.6 is 31.9 Å². The number of halogens is 2. The highest BCUT2D eigenvalue weighted by Crippen LogP contribution is 2.55. The molecule has 2 aliphatic carbocycles. The molecule has 0 aliphatic heterocycles. The number of rotatable bonds is 3. The average Bonchev–Trinajstić information content (AvgIpc) is 3.17. The molecule has 1 saturated carbocycles. The molecule has 0 bridgehead atoms. The number of benzene rings is 3. The minimum Gasteiger partial charge on any atom is -0.0726 e. The van der Waals surface area contributed by atoms with E-state index in [0.717, 1.165) is 8.95 Å². The van der Waals surface area contributed by atoms with Gasteiger partial charge in [-0.25, -0.2) is 0 Å². The fourth-order valence-electron chi connectivity index (χ4n) is 5.22. The Morgan fingerprint density at radius 2 is 1.40 bits per heavy atom. The number of hydrogen-bond donors (Lipinski definition) is 0. The maximum absolute atomic E-state index is 3.61. The molecule has 3 aromatic rings. The SMILES string of the molecule is Brc1ccc(/C=C2\CCC[C@@H]3C2=C[C@H](c2ccccc2)[C@H]3c2ccc(Br)cc2)cc1. The summed E-state index contributed by atoms with van der Waals surface area (Å²) in [5.41, 5.74) is 7.27. The van der Waals surface area contributed by atoms with Gasteiger partial charge in [-0.15, -0.1) is 0 Å². The summed E-state index contributed by atoms with van der Waals surface area (Å²) in [5, 5.41) is 0. The van der Waals surface area contributed by atoms with Crippen molar-refractivity contribution < 1.29 is 0 Å². The van der Waals surface area contributed by atoms with Crippen molar-refractivity contribution in [3.05, 3.63) is 122 Å². The van der Waals surface area contributed by atoms with Crippen molar-refractivity contribution in [1.29, 1.82) is 0 Å². The molecule has 0 N–H and O–H groups in total. The quantitative estimate of drug-likeness (QED) is 0.324. The molecule has 30 heavy (non-hydrogen) atoms. The summed E-state index contributed by atoms with van der Waals surface area (Å²) in [7, 11) is 0. The van der Waals surface area contributed by atoms with Gasteiger partial charge >= 0.3 is 0 Å². The molecule has 5 rings (SSSR count). The molecule has 0 amide bonds. The van der Waals surface area contributed by atoms with Crippen LogP contribution in [0.5, 0.6) is 0 Å². The van der Waals surface area contributed by atoms with Gasteiger partial charge in [0.25, 0.3) is 0 Å². The topological polar surface area (TPSA) is 0 Å². The molecule has 150 valence electrons. The van der Waals surface area contributed by atoms with Crippen LogP contribution in [0.4, 0.5) is 0 Å². The van der Waals surface area contributed by atoms with E-state index in [-0.39, 0.29) is 0 Å². The van der Waals surface area contributed by atoms with Crippen molar-refractivity contribution >= 4 is 37.9 Å². The van der Waals surface area contributed by atoms with Gasteiger partial charge in [0.1, 0.15) is 0 Å². The van der Waals surface area contributed by atoms with Gasteiger partial charge in [-0.05, 0) is 77.3 Å². The lowest BCUT2D eigenvalue weighted by Crippen LogP contribution is -2.18. The molecule has 0 radical (unpaired) electrons. The van der Waals surface area contributed by atoms with Gasteiger partial charge in [-0.2, -0.15) is 0 Å². The highest BCUT2D eigenvalue weighted by atomic mass is 79.9. The normalized spacial score (nSPS) is 24.5. The molecule has 3 atom stereocenters. The summed E-state index contributed by atoms with van der Waals surface area (Å²) in [6, 6.07) is 28.7. The summed E-state index contributed by atoms with van der Waals surface area (Å²) < 4.78 is 2.28. The van der Waals surface area contributed by atoms with Crippen LogP contribution in [-0.4, -0.2) is 0 Å². The standard InChI is InChI=1S/C28H24Br2/c29-23-13-9-19(10-14-23)17-22-7-4-8-25-26(22)18-27(20-5-2-1-3-6-20)28(25)21-11-15-24(30)16-12-21/h1-3,5-6,9-18,25,27-28H,4,7-8H2/b22-17+/t25-,27-,28+/m1/s1. The van der Waals surface area contributed by atoms with Gasteiger partial charge < -0.3 is 0 Å².